The molecule has 0 unspecified atom stereocenters. The molecule has 98 valence electrons. The number of hydrogen-bond donors (Lipinski definition) is 0. The highest BCUT2D eigenvalue weighted by molar-refractivity contribution is 5.97. The number of nitrogens with zero attached hydrogens (tertiary/aromatic N) is 2. The SMILES string of the molecule is N#CC(C#N)=C1c2ccccc2C=Cc2cccc(F)c21. The number of halogens is 1. The van der Waals surface area contributed by atoms with Crippen LogP contribution in [-0.2, 0) is 0 Å². The molecule has 21 heavy (non-hydrogen) atoms. The van der Waals surface area contributed by atoms with Crippen LogP contribution in [0.25, 0.3) is 17.7 Å². The molecular weight excluding hydrogens is 263 g/mol. The summed E-state index contributed by atoms with van der Waals surface area (Å²) in [5.74, 6) is -0.438. The molecule has 0 heterocycles. The predicted molar refractivity (Wildman–Crippen MR) is 79.0 cm³/mol. The lowest BCUT2D eigenvalue weighted by Crippen LogP contribution is -1.99. The average Bonchev–Trinajstić information content (AvgIpc) is 2.68. The van der Waals surface area contributed by atoms with Crippen LogP contribution in [0.4, 0.5) is 4.39 Å². The molecule has 0 radical (unpaired) electrons. The molecular formula is C18H9FN2. The molecule has 0 atom stereocenters. The highest BCUT2D eigenvalue weighted by atomic mass is 19.1. The summed E-state index contributed by atoms with van der Waals surface area (Å²) < 4.78 is 14.3. The average molecular weight is 272 g/mol. The van der Waals surface area contributed by atoms with E-state index < -0.39 is 5.82 Å². The molecule has 3 heteroatoms. The third-order valence-electron chi connectivity index (χ3n) is 3.44. The van der Waals surface area contributed by atoms with E-state index in [4.69, 9.17) is 0 Å². The van der Waals surface area contributed by atoms with Gasteiger partial charge in [-0.05, 0) is 22.8 Å². The van der Waals surface area contributed by atoms with Crippen molar-refractivity contribution in [1.82, 2.24) is 0 Å². The van der Waals surface area contributed by atoms with Gasteiger partial charge in [-0.15, -0.1) is 0 Å². The Hall–Kier alpha value is -3.17. The van der Waals surface area contributed by atoms with E-state index in [1.165, 1.54) is 6.07 Å². The number of fused-ring (bicyclic) bond motifs is 2. The summed E-state index contributed by atoms with van der Waals surface area (Å²) in [5, 5.41) is 18.5. The van der Waals surface area contributed by atoms with Gasteiger partial charge in [-0.2, -0.15) is 10.5 Å². The second-order valence-corrected chi connectivity index (χ2v) is 4.60. The van der Waals surface area contributed by atoms with Crippen LogP contribution < -0.4 is 0 Å². The van der Waals surface area contributed by atoms with Gasteiger partial charge in [0, 0.05) is 11.1 Å². The van der Waals surface area contributed by atoms with Crippen molar-refractivity contribution < 1.29 is 4.39 Å². The third kappa shape index (κ3) is 2.02. The predicted octanol–water partition coefficient (Wildman–Crippen LogP) is 4.16. The quantitative estimate of drug-likeness (QED) is 0.577. The maximum atomic E-state index is 14.3. The first kappa shape index (κ1) is 12.8. The van der Waals surface area contributed by atoms with E-state index in [2.05, 4.69) is 0 Å². The summed E-state index contributed by atoms with van der Waals surface area (Å²) in [5.41, 5.74) is 2.77. The van der Waals surface area contributed by atoms with E-state index >= 15 is 0 Å². The molecule has 0 saturated heterocycles. The summed E-state index contributed by atoms with van der Waals surface area (Å²) in [4.78, 5) is 0. The molecule has 1 aliphatic carbocycles. The molecule has 2 aromatic carbocycles. The van der Waals surface area contributed by atoms with Crippen molar-refractivity contribution in [3.63, 3.8) is 0 Å². The van der Waals surface area contributed by atoms with Crippen molar-refractivity contribution in [2.45, 2.75) is 0 Å². The molecule has 0 N–H and O–H groups in total. The van der Waals surface area contributed by atoms with Crippen molar-refractivity contribution in [2.75, 3.05) is 0 Å². The summed E-state index contributed by atoms with van der Waals surface area (Å²) in [7, 11) is 0. The minimum Gasteiger partial charge on any atom is -0.206 e. The van der Waals surface area contributed by atoms with Gasteiger partial charge in [-0.1, -0.05) is 48.6 Å². The molecule has 0 aromatic heterocycles. The zero-order valence-corrected chi connectivity index (χ0v) is 11.0. The van der Waals surface area contributed by atoms with Gasteiger partial charge < -0.3 is 0 Å². The zero-order valence-electron chi connectivity index (χ0n) is 11.0. The molecule has 3 rings (SSSR count). The Kier molecular flexibility index (Phi) is 3.10. The van der Waals surface area contributed by atoms with Crippen LogP contribution in [0, 0.1) is 28.5 Å². The van der Waals surface area contributed by atoms with Crippen molar-refractivity contribution >= 4 is 17.7 Å². The second kappa shape index (κ2) is 5.07. The van der Waals surface area contributed by atoms with Crippen LogP contribution in [0.3, 0.4) is 0 Å². The van der Waals surface area contributed by atoms with Crippen molar-refractivity contribution in [3.8, 4) is 12.1 Å². The van der Waals surface area contributed by atoms with Crippen LogP contribution in [0.1, 0.15) is 22.3 Å². The molecule has 2 aromatic rings. The smallest absolute Gasteiger partial charge is 0.138 e. The van der Waals surface area contributed by atoms with Crippen molar-refractivity contribution in [2.24, 2.45) is 0 Å². The molecule has 1 aliphatic rings. The Labute approximate surface area is 121 Å². The second-order valence-electron chi connectivity index (χ2n) is 4.60. The standard InChI is InChI=1S/C18H9FN2/c19-16-7-3-5-13-9-8-12-4-1-2-6-15(12)17(18(13)16)14(10-20)11-21/h1-9H. The molecule has 0 fully saturated rings. The van der Waals surface area contributed by atoms with E-state index in [1.807, 2.05) is 36.4 Å². The van der Waals surface area contributed by atoms with Gasteiger partial charge >= 0.3 is 0 Å². The van der Waals surface area contributed by atoms with Crippen LogP contribution in [0.2, 0.25) is 0 Å². The van der Waals surface area contributed by atoms with Crippen LogP contribution in [0.5, 0.6) is 0 Å². The minimum absolute atomic E-state index is 0.0856. The molecule has 0 amide bonds. The maximum Gasteiger partial charge on any atom is 0.138 e. The molecule has 0 aliphatic heterocycles. The topological polar surface area (TPSA) is 47.6 Å². The number of allylic oxidation sites excluding steroid dienone is 1. The number of nitriles is 2. The van der Waals surface area contributed by atoms with Crippen LogP contribution in [-0.4, -0.2) is 0 Å². The monoisotopic (exact) mass is 272 g/mol. The highest BCUT2D eigenvalue weighted by Crippen LogP contribution is 2.37. The van der Waals surface area contributed by atoms with Gasteiger partial charge in [-0.3, -0.25) is 0 Å². The van der Waals surface area contributed by atoms with Gasteiger partial charge in [0.25, 0.3) is 0 Å². The maximum absolute atomic E-state index is 14.3. The Bertz CT molecular complexity index is 861. The Balaban J connectivity index is 2.50. The zero-order chi connectivity index (χ0) is 14.8. The first-order chi connectivity index (χ1) is 10.3. The highest BCUT2D eigenvalue weighted by Gasteiger charge is 2.22. The van der Waals surface area contributed by atoms with E-state index in [-0.39, 0.29) is 5.57 Å². The summed E-state index contributed by atoms with van der Waals surface area (Å²) in [6.07, 6.45) is 3.67. The molecule has 0 spiro atoms. The molecule has 2 nitrogen and oxygen atoms in total. The minimum atomic E-state index is -0.438. The number of hydrogen-bond acceptors (Lipinski definition) is 2. The number of benzene rings is 2. The van der Waals surface area contributed by atoms with E-state index in [0.717, 1.165) is 5.56 Å². The van der Waals surface area contributed by atoms with Gasteiger partial charge in [0.15, 0.2) is 0 Å². The van der Waals surface area contributed by atoms with E-state index in [1.54, 1.807) is 24.3 Å². The summed E-state index contributed by atoms with van der Waals surface area (Å²) in [6, 6.07) is 15.8. The normalized spacial score (nSPS) is 11.7. The van der Waals surface area contributed by atoms with Crippen molar-refractivity contribution in [3.05, 3.63) is 76.1 Å². The van der Waals surface area contributed by atoms with E-state index in [9.17, 15) is 14.9 Å². The first-order valence-electron chi connectivity index (χ1n) is 6.37. The Morgan fingerprint density at radius 3 is 2.29 bits per heavy atom. The summed E-state index contributed by atoms with van der Waals surface area (Å²) in [6.45, 7) is 0. The van der Waals surface area contributed by atoms with Gasteiger partial charge in [0.1, 0.15) is 23.5 Å². The lowest BCUT2D eigenvalue weighted by molar-refractivity contribution is 0.624. The largest absolute Gasteiger partial charge is 0.206 e. The van der Waals surface area contributed by atoms with E-state index in [0.29, 0.717) is 22.3 Å². The lowest BCUT2D eigenvalue weighted by Gasteiger charge is -2.12. The van der Waals surface area contributed by atoms with Crippen molar-refractivity contribution in [1.29, 1.82) is 10.5 Å². The summed E-state index contributed by atoms with van der Waals surface area (Å²) >= 11 is 0. The van der Waals surface area contributed by atoms with Gasteiger partial charge in [0.2, 0.25) is 0 Å². The fourth-order valence-corrected chi connectivity index (χ4v) is 2.52. The van der Waals surface area contributed by atoms with Gasteiger partial charge in [0.05, 0.1) is 0 Å². The molecule has 0 bridgehead atoms. The number of rotatable bonds is 0. The Morgan fingerprint density at radius 1 is 0.857 bits per heavy atom. The Morgan fingerprint density at radius 2 is 1.52 bits per heavy atom. The lowest BCUT2D eigenvalue weighted by atomic mass is 9.90. The first-order valence-corrected chi connectivity index (χ1v) is 6.37. The fourth-order valence-electron chi connectivity index (χ4n) is 2.52. The van der Waals surface area contributed by atoms with Crippen LogP contribution in [0.15, 0.2) is 48.0 Å². The van der Waals surface area contributed by atoms with Crippen LogP contribution >= 0.6 is 0 Å². The molecule has 0 saturated carbocycles. The van der Waals surface area contributed by atoms with Gasteiger partial charge in [-0.25, -0.2) is 4.39 Å². The third-order valence-corrected chi connectivity index (χ3v) is 3.44. The fraction of sp³-hybridized carbons (Fsp3) is 0.